The van der Waals surface area contributed by atoms with Crippen LogP contribution in [0.5, 0.6) is 0 Å². The molecule has 0 aliphatic carbocycles. The highest BCUT2D eigenvalue weighted by Crippen LogP contribution is 2.32. The van der Waals surface area contributed by atoms with Crippen LogP contribution in [0.1, 0.15) is 28.6 Å². The van der Waals surface area contributed by atoms with Gasteiger partial charge in [-0.3, -0.25) is 4.79 Å². The number of hydrogen-bond acceptors (Lipinski definition) is 4. The van der Waals surface area contributed by atoms with Crippen molar-refractivity contribution in [3.05, 3.63) is 75.3 Å². The number of hydrogen-bond donors (Lipinski definition) is 0. The van der Waals surface area contributed by atoms with Gasteiger partial charge in [0.2, 0.25) is 0 Å². The van der Waals surface area contributed by atoms with E-state index in [0.717, 1.165) is 27.6 Å². The number of thiazole rings is 1. The first-order valence-electron chi connectivity index (χ1n) is 8.26. The van der Waals surface area contributed by atoms with E-state index in [-0.39, 0.29) is 6.61 Å². The van der Waals surface area contributed by atoms with Crippen LogP contribution in [0.15, 0.2) is 48.5 Å². The number of nitrogens with zero attached hydrogens (tertiary/aromatic N) is 1. The quantitative estimate of drug-likeness (QED) is 0.461. The van der Waals surface area contributed by atoms with Crippen molar-refractivity contribution < 1.29 is 22.7 Å². The summed E-state index contributed by atoms with van der Waals surface area (Å²) >= 11 is 7.32. The van der Waals surface area contributed by atoms with Gasteiger partial charge in [-0.25, -0.2) is 4.98 Å². The summed E-state index contributed by atoms with van der Waals surface area (Å²) < 4.78 is 43.3. The van der Waals surface area contributed by atoms with Crippen LogP contribution in [-0.2, 0) is 28.7 Å². The van der Waals surface area contributed by atoms with Gasteiger partial charge in [-0.2, -0.15) is 13.2 Å². The van der Waals surface area contributed by atoms with Gasteiger partial charge in [-0.15, -0.1) is 11.3 Å². The predicted molar refractivity (Wildman–Crippen MR) is 102 cm³/mol. The summed E-state index contributed by atoms with van der Waals surface area (Å²) in [5, 5.41) is 1.33. The van der Waals surface area contributed by atoms with E-state index in [1.807, 2.05) is 12.1 Å². The fourth-order valence-electron chi connectivity index (χ4n) is 2.52. The van der Waals surface area contributed by atoms with Gasteiger partial charge in [0.1, 0.15) is 11.6 Å². The van der Waals surface area contributed by atoms with Crippen LogP contribution in [0.2, 0.25) is 5.02 Å². The van der Waals surface area contributed by atoms with Crippen molar-refractivity contribution in [3.63, 3.8) is 0 Å². The fraction of sp³-hybridized carbons (Fsp3) is 0.200. The first-order valence-corrected chi connectivity index (χ1v) is 9.46. The van der Waals surface area contributed by atoms with Crippen LogP contribution in [0.4, 0.5) is 13.2 Å². The first-order chi connectivity index (χ1) is 13.2. The monoisotopic (exact) mass is 425 g/mol. The van der Waals surface area contributed by atoms with Crippen LogP contribution in [0, 0.1) is 0 Å². The van der Waals surface area contributed by atoms with Crippen LogP contribution < -0.4 is 0 Å². The van der Waals surface area contributed by atoms with Gasteiger partial charge in [0.25, 0.3) is 0 Å². The maximum absolute atomic E-state index is 12.7. The van der Waals surface area contributed by atoms with Crippen molar-refractivity contribution in [2.45, 2.75) is 26.1 Å². The number of benzene rings is 2. The summed E-state index contributed by atoms with van der Waals surface area (Å²) in [6.07, 6.45) is -3.98. The van der Waals surface area contributed by atoms with Gasteiger partial charge in [-0.05, 0) is 29.8 Å². The van der Waals surface area contributed by atoms with Crippen molar-refractivity contribution in [1.82, 2.24) is 4.98 Å². The second kappa shape index (κ2) is 8.32. The fourth-order valence-corrected chi connectivity index (χ4v) is 3.75. The van der Waals surface area contributed by atoms with E-state index in [9.17, 15) is 18.0 Å². The number of carbonyl (C=O) groups is 1. The van der Waals surface area contributed by atoms with E-state index in [1.54, 1.807) is 12.1 Å². The third-order valence-corrected chi connectivity index (χ3v) is 5.33. The van der Waals surface area contributed by atoms with Gasteiger partial charge < -0.3 is 4.74 Å². The standard InChI is InChI=1S/C20H15ClF3NO2S/c1-12(26)27-11-17-18(10-13-2-6-15(7-3-13)20(22,23)24)28-19(25-17)14-4-8-16(21)9-5-14/h2-9H,10-11H2,1H3. The number of ether oxygens (including phenoxy) is 1. The molecule has 146 valence electrons. The molecule has 3 aromatic rings. The summed E-state index contributed by atoms with van der Waals surface area (Å²) in [6.45, 7) is 1.32. The molecule has 0 radical (unpaired) electrons. The highest BCUT2D eigenvalue weighted by molar-refractivity contribution is 7.15. The normalized spacial score (nSPS) is 11.5. The molecule has 0 aliphatic heterocycles. The molecule has 8 heteroatoms. The molecule has 0 unspecified atom stereocenters. The third kappa shape index (κ3) is 5.11. The smallest absolute Gasteiger partial charge is 0.416 e. The number of alkyl halides is 3. The molecule has 1 heterocycles. The predicted octanol–water partition coefficient (Wildman–Crippen LogP) is 6.14. The second-order valence-corrected chi connectivity index (χ2v) is 7.57. The lowest BCUT2D eigenvalue weighted by Gasteiger charge is -2.07. The first kappa shape index (κ1) is 20.4. The zero-order valence-electron chi connectivity index (χ0n) is 14.7. The van der Waals surface area contributed by atoms with E-state index in [2.05, 4.69) is 4.98 Å². The van der Waals surface area contributed by atoms with Crippen molar-refractivity contribution in [1.29, 1.82) is 0 Å². The Balaban J connectivity index is 1.89. The Hall–Kier alpha value is -2.38. The van der Waals surface area contributed by atoms with E-state index < -0.39 is 17.7 Å². The Kier molecular flexibility index (Phi) is 6.05. The summed E-state index contributed by atoms with van der Waals surface area (Å²) in [4.78, 5) is 16.5. The molecule has 1 aromatic heterocycles. The number of halogens is 4. The Morgan fingerprint density at radius 1 is 1.11 bits per heavy atom. The highest BCUT2D eigenvalue weighted by atomic mass is 35.5. The molecule has 0 bridgehead atoms. The summed E-state index contributed by atoms with van der Waals surface area (Å²) in [5.41, 5.74) is 1.47. The number of esters is 1. The molecular weight excluding hydrogens is 411 g/mol. The Labute approximate surface area is 168 Å². The minimum atomic E-state index is -4.37. The van der Waals surface area contributed by atoms with Crippen molar-refractivity contribution in [2.24, 2.45) is 0 Å². The zero-order valence-corrected chi connectivity index (χ0v) is 16.3. The molecule has 0 N–H and O–H groups in total. The van der Waals surface area contributed by atoms with E-state index in [1.165, 1.54) is 30.4 Å². The third-order valence-electron chi connectivity index (χ3n) is 3.93. The largest absolute Gasteiger partial charge is 0.459 e. The summed E-state index contributed by atoms with van der Waals surface area (Å²) in [5.74, 6) is -0.429. The lowest BCUT2D eigenvalue weighted by atomic mass is 10.1. The molecule has 0 fully saturated rings. The lowest BCUT2D eigenvalue weighted by Crippen LogP contribution is -2.05. The van der Waals surface area contributed by atoms with E-state index in [0.29, 0.717) is 22.7 Å². The molecule has 0 spiro atoms. The molecule has 0 amide bonds. The molecule has 3 nitrogen and oxygen atoms in total. The average Bonchev–Trinajstić information content (AvgIpc) is 3.03. The molecule has 2 aromatic carbocycles. The SMILES string of the molecule is CC(=O)OCc1nc(-c2ccc(Cl)cc2)sc1Cc1ccc(C(F)(F)F)cc1. The molecule has 0 aliphatic rings. The topological polar surface area (TPSA) is 39.2 Å². The molecule has 0 saturated carbocycles. The van der Waals surface area contributed by atoms with Crippen LogP contribution >= 0.6 is 22.9 Å². The minimum absolute atomic E-state index is 0.00932. The Bertz CT molecular complexity index is 967. The van der Waals surface area contributed by atoms with E-state index in [4.69, 9.17) is 16.3 Å². The van der Waals surface area contributed by atoms with Crippen molar-refractivity contribution in [3.8, 4) is 10.6 Å². The highest BCUT2D eigenvalue weighted by Gasteiger charge is 2.30. The number of aromatic nitrogens is 1. The average molecular weight is 426 g/mol. The number of rotatable bonds is 5. The van der Waals surface area contributed by atoms with Gasteiger partial charge in [0.05, 0.1) is 11.3 Å². The lowest BCUT2D eigenvalue weighted by molar-refractivity contribution is -0.142. The minimum Gasteiger partial charge on any atom is -0.459 e. The maximum Gasteiger partial charge on any atom is 0.416 e. The molecule has 28 heavy (non-hydrogen) atoms. The molecule has 3 rings (SSSR count). The summed E-state index contributed by atoms with van der Waals surface area (Å²) in [7, 11) is 0. The Morgan fingerprint density at radius 2 is 1.75 bits per heavy atom. The second-order valence-electron chi connectivity index (χ2n) is 6.05. The van der Waals surface area contributed by atoms with Crippen LogP contribution in [0.3, 0.4) is 0 Å². The van der Waals surface area contributed by atoms with Gasteiger partial charge in [0, 0.05) is 28.8 Å². The van der Waals surface area contributed by atoms with Crippen LogP contribution in [0.25, 0.3) is 10.6 Å². The Morgan fingerprint density at radius 3 is 2.32 bits per heavy atom. The van der Waals surface area contributed by atoms with Crippen molar-refractivity contribution in [2.75, 3.05) is 0 Å². The van der Waals surface area contributed by atoms with Gasteiger partial charge in [0.15, 0.2) is 0 Å². The van der Waals surface area contributed by atoms with Gasteiger partial charge in [-0.1, -0.05) is 35.9 Å². The molecule has 0 atom stereocenters. The molecular formula is C20H15ClF3NO2S. The number of carbonyl (C=O) groups excluding carboxylic acids is 1. The maximum atomic E-state index is 12.7. The van der Waals surface area contributed by atoms with Crippen molar-refractivity contribution >= 4 is 28.9 Å². The molecule has 0 saturated heterocycles. The van der Waals surface area contributed by atoms with E-state index >= 15 is 0 Å². The van der Waals surface area contributed by atoms with Gasteiger partial charge >= 0.3 is 12.1 Å². The van der Waals surface area contributed by atoms with Crippen LogP contribution in [-0.4, -0.2) is 11.0 Å². The zero-order chi connectivity index (χ0) is 20.3. The summed E-state index contributed by atoms with van der Waals surface area (Å²) in [6, 6.07) is 12.2.